The van der Waals surface area contributed by atoms with Crippen molar-refractivity contribution in [2.24, 2.45) is 5.92 Å². The molecule has 1 N–H and O–H groups in total. The lowest BCUT2D eigenvalue weighted by atomic mass is 10.0. The van der Waals surface area contributed by atoms with Gasteiger partial charge in [0.2, 0.25) is 5.91 Å². The van der Waals surface area contributed by atoms with Crippen molar-refractivity contribution < 1.29 is 23.1 Å². The monoisotopic (exact) mass is 413 g/mol. The van der Waals surface area contributed by atoms with E-state index in [1.165, 1.54) is 17.4 Å². The van der Waals surface area contributed by atoms with E-state index in [0.717, 1.165) is 29.5 Å². The second kappa shape index (κ2) is 9.85. The van der Waals surface area contributed by atoms with Gasteiger partial charge in [-0.15, -0.1) is 23.1 Å². The Morgan fingerprint density at radius 2 is 2.00 bits per heavy atom. The van der Waals surface area contributed by atoms with Crippen molar-refractivity contribution in [2.45, 2.75) is 32.1 Å². The molecular formula is C19H21F2NO3S2. The number of amides is 1. The molecule has 2 rings (SSSR count). The van der Waals surface area contributed by atoms with Crippen LogP contribution < -0.4 is 5.32 Å². The lowest BCUT2D eigenvalue weighted by Crippen LogP contribution is -2.17. The number of anilines is 1. The number of hydrogen-bond donors (Lipinski definition) is 1. The Morgan fingerprint density at radius 1 is 1.26 bits per heavy atom. The standard InChI is InChI=1S/C19H21F2NO3S2/c1-4-25-19(24)17-12(7-11(2)3)9-27-18(17)22-16(23)10-26-13-5-6-14(20)15(21)8-13/h5-6,8-9,11H,4,7,10H2,1-3H3,(H,22,23). The third kappa shape index (κ3) is 6.04. The summed E-state index contributed by atoms with van der Waals surface area (Å²) < 4.78 is 31.3. The maximum atomic E-state index is 13.2. The Hall–Kier alpha value is -1.93. The molecule has 27 heavy (non-hydrogen) atoms. The van der Waals surface area contributed by atoms with Crippen LogP contribution in [0, 0.1) is 17.6 Å². The maximum absolute atomic E-state index is 13.2. The molecule has 0 aliphatic heterocycles. The van der Waals surface area contributed by atoms with Gasteiger partial charge in [-0.1, -0.05) is 13.8 Å². The van der Waals surface area contributed by atoms with Crippen LogP contribution in [0.4, 0.5) is 13.8 Å². The predicted molar refractivity (Wildman–Crippen MR) is 105 cm³/mol. The Morgan fingerprint density at radius 3 is 2.63 bits per heavy atom. The molecule has 0 unspecified atom stereocenters. The third-order valence-electron chi connectivity index (χ3n) is 3.49. The minimum Gasteiger partial charge on any atom is -0.462 e. The SMILES string of the molecule is CCOC(=O)c1c(CC(C)C)csc1NC(=O)CSc1ccc(F)c(F)c1. The molecule has 8 heteroatoms. The van der Waals surface area contributed by atoms with Gasteiger partial charge >= 0.3 is 5.97 Å². The van der Waals surface area contributed by atoms with Gasteiger partial charge in [0.1, 0.15) is 5.00 Å². The smallest absolute Gasteiger partial charge is 0.341 e. The van der Waals surface area contributed by atoms with Gasteiger partial charge in [-0.25, -0.2) is 13.6 Å². The van der Waals surface area contributed by atoms with Crippen LogP contribution in [0.1, 0.15) is 36.7 Å². The van der Waals surface area contributed by atoms with Crippen molar-refractivity contribution in [3.05, 3.63) is 46.3 Å². The van der Waals surface area contributed by atoms with Crippen LogP contribution in [-0.4, -0.2) is 24.2 Å². The van der Waals surface area contributed by atoms with Crippen LogP contribution in [0.25, 0.3) is 0 Å². The molecule has 0 spiro atoms. The molecule has 0 radical (unpaired) electrons. The number of ether oxygens (including phenoxy) is 1. The van der Waals surface area contributed by atoms with Crippen LogP contribution in [0.2, 0.25) is 0 Å². The van der Waals surface area contributed by atoms with Gasteiger partial charge in [-0.3, -0.25) is 4.79 Å². The van der Waals surface area contributed by atoms with Gasteiger partial charge in [0.15, 0.2) is 11.6 Å². The first kappa shape index (κ1) is 21.4. The second-order valence-electron chi connectivity index (χ2n) is 6.20. The minimum atomic E-state index is -0.957. The van der Waals surface area contributed by atoms with Crippen LogP contribution >= 0.6 is 23.1 Å². The summed E-state index contributed by atoms with van der Waals surface area (Å²) in [7, 11) is 0. The lowest BCUT2D eigenvalue weighted by molar-refractivity contribution is -0.113. The summed E-state index contributed by atoms with van der Waals surface area (Å²) in [5.41, 5.74) is 1.23. The molecule has 0 atom stereocenters. The molecule has 1 amide bonds. The summed E-state index contributed by atoms with van der Waals surface area (Å²) in [4.78, 5) is 25.0. The van der Waals surface area contributed by atoms with E-state index in [2.05, 4.69) is 5.32 Å². The van der Waals surface area contributed by atoms with Gasteiger partial charge < -0.3 is 10.1 Å². The van der Waals surface area contributed by atoms with E-state index in [0.29, 0.717) is 27.8 Å². The highest BCUT2D eigenvalue weighted by molar-refractivity contribution is 8.00. The highest BCUT2D eigenvalue weighted by atomic mass is 32.2. The molecule has 0 bridgehead atoms. The summed E-state index contributed by atoms with van der Waals surface area (Å²) in [5, 5.41) is 5.03. The molecule has 2 aromatic rings. The molecule has 0 saturated heterocycles. The highest BCUT2D eigenvalue weighted by Crippen LogP contribution is 2.31. The van der Waals surface area contributed by atoms with Gasteiger partial charge in [0.25, 0.3) is 0 Å². The third-order valence-corrected chi connectivity index (χ3v) is 5.43. The van der Waals surface area contributed by atoms with Crippen molar-refractivity contribution >= 4 is 40.0 Å². The number of hydrogen-bond acceptors (Lipinski definition) is 5. The Balaban J connectivity index is 2.08. The molecule has 0 saturated carbocycles. The number of benzene rings is 1. The average molecular weight is 414 g/mol. The molecule has 1 aromatic heterocycles. The average Bonchev–Trinajstić information content (AvgIpc) is 2.97. The van der Waals surface area contributed by atoms with E-state index in [9.17, 15) is 18.4 Å². The summed E-state index contributed by atoms with van der Waals surface area (Å²) in [5.74, 6) is -2.34. The number of nitrogens with one attached hydrogen (secondary N) is 1. The van der Waals surface area contributed by atoms with E-state index in [1.807, 2.05) is 19.2 Å². The van der Waals surface area contributed by atoms with Crippen molar-refractivity contribution in [3.8, 4) is 0 Å². The van der Waals surface area contributed by atoms with Gasteiger partial charge in [0.05, 0.1) is 17.9 Å². The minimum absolute atomic E-state index is 0.00471. The molecule has 0 aliphatic rings. The first-order chi connectivity index (χ1) is 12.8. The Kier molecular flexibility index (Phi) is 7.79. The van der Waals surface area contributed by atoms with Crippen molar-refractivity contribution in [2.75, 3.05) is 17.7 Å². The number of halogens is 2. The largest absolute Gasteiger partial charge is 0.462 e. The predicted octanol–water partition coefficient (Wildman–Crippen LogP) is 5.13. The summed E-state index contributed by atoms with van der Waals surface area (Å²) in [6.45, 7) is 6.06. The van der Waals surface area contributed by atoms with Crippen LogP contribution in [0.15, 0.2) is 28.5 Å². The number of carbonyl (C=O) groups excluding carboxylic acids is 2. The van der Waals surface area contributed by atoms with Crippen molar-refractivity contribution in [1.29, 1.82) is 0 Å². The van der Waals surface area contributed by atoms with E-state index < -0.39 is 17.6 Å². The summed E-state index contributed by atoms with van der Waals surface area (Å²) in [6.07, 6.45) is 0.699. The zero-order chi connectivity index (χ0) is 20.0. The van der Waals surface area contributed by atoms with Gasteiger partial charge in [0, 0.05) is 4.90 Å². The van der Waals surface area contributed by atoms with Crippen LogP contribution in [0.5, 0.6) is 0 Å². The van der Waals surface area contributed by atoms with E-state index in [-0.39, 0.29) is 18.3 Å². The second-order valence-corrected chi connectivity index (χ2v) is 8.12. The summed E-state index contributed by atoms with van der Waals surface area (Å²) >= 11 is 2.36. The summed E-state index contributed by atoms with van der Waals surface area (Å²) in [6, 6.07) is 3.47. The first-order valence-corrected chi connectivity index (χ1v) is 10.3. The van der Waals surface area contributed by atoms with E-state index in [4.69, 9.17) is 4.74 Å². The normalized spacial score (nSPS) is 10.9. The van der Waals surface area contributed by atoms with Crippen molar-refractivity contribution in [3.63, 3.8) is 0 Å². The number of esters is 1. The number of rotatable bonds is 8. The highest BCUT2D eigenvalue weighted by Gasteiger charge is 2.22. The molecule has 4 nitrogen and oxygen atoms in total. The molecule has 0 aliphatic carbocycles. The fraction of sp³-hybridized carbons (Fsp3) is 0.368. The van der Waals surface area contributed by atoms with E-state index in [1.54, 1.807) is 6.92 Å². The van der Waals surface area contributed by atoms with Crippen LogP contribution in [-0.2, 0) is 16.0 Å². The quantitative estimate of drug-likeness (QED) is 0.481. The number of carbonyl (C=O) groups is 2. The zero-order valence-electron chi connectivity index (χ0n) is 15.3. The molecule has 146 valence electrons. The number of thioether (sulfide) groups is 1. The van der Waals surface area contributed by atoms with E-state index >= 15 is 0 Å². The molecular weight excluding hydrogens is 392 g/mol. The van der Waals surface area contributed by atoms with Gasteiger partial charge in [-0.2, -0.15) is 0 Å². The Labute approximate surface area is 165 Å². The lowest BCUT2D eigenvalue weighted by Gasteiger charge is -2.10. The first-order valence-electron chi connectivity index (χ1n) is 8.47. The maximum Gasteiger partial charge on any atom is 0.341 e. The fourth-order valence-electron chi connectivity index (χ4n) is 2.38. The fourth-order valence-corrected chi connectivity index (χ4v) is 4.08. The van der Waals surface area contributed by atoms with Crippen molar-refractivity contribution in [1.82, 2.24) is 0 Å². The molecule has 1 heterocycles. The molecule has 1 aromatic carbocycles. The van der Waals surface area contributed by atoms with Gasteiger partial charge in [-0.05, 0) is 48.4 Å². The molecule has 0 fully saturated rings. The number of thiophene rings is 1. The zero-order valence-corrected chi connectivity index (χ0v) is 16.9. The Bertz CT molecular complexity index is 821. The van der Waals surface area contributed by atoms with Crippen LogP contribution in [0.3, 0.4) is 0 Å². The topological polar surface area (TPSA) is 55.4 Å².